The summed E-state index contributed by atoms with van der Waals surface area (Å²) in [5.41, 5.74) is 1.09. The van der Waals surface area contributed by atoms with Crippen molar-refractivity contribution in [3.8, 4) is 0 Å². The van der Waals surface area contributed by atoms with E-state index in [9.17, 15) is 13.2 Å². The van der Waals surface area contributed by atoms with Gasteiger partial charge in [0.1, 0.15) is 0 Å². The van der Waals surface area contributed by atoms with Crippen LogP contribution in [0.1, 0.15) is 27.9 Å². The number of sulfonamides is 1. The van der Waals surface area contributed by atoms with Gasteiger partial charge >= 0.3 is 5.97 Å². The first-order valence-corrected chi connectivity index (χ1v) is 8.18. The van der Waals surface area contributed by atoms with Crippen molar-refractivity contribution >= 4 is 27.3 Å². The van der Waals surface area contributed by atoms with Crippen LogP contribution in [0.5, 0.6) is 0 Å². The van der Waals surface area contributed by atoms with E-state index in [2.05, 4.69) is 4.72 Å². The Morgan fingerprint density at radius 2 is 2.15 bits per heavy atom. The van der Waals surface area contributed by atoms with E-state index in [1.165, 1.54) is 11.3 Å². The molecule has 0 bridgehead atoms. The Balaban J connectivity index is 2.13. The van der Waals surface area contributed by atoms with Gasteiger partial charge in [0.25, 0.3) is 10.0 Å². The average Bonchev–Trinajstić information content (AvgIpc) is 3.05. The Morgan fingerprint density at radius 1 is 1.40 bits per heavy atom. The molecule has 6 nitrogen and oxygen atoms in total. The third-order valence-corrected chi connectivity index (χ3v) is 4.94. The molecule has 20 heavy (non-hydrogen) atoms. The van der Waals surface area contributed by atoms with Crippen LogP contribution in [-0.2, 0) is 23.0 Å². The summed E-state index contributed by atoms with van der Waals surface area (Å²) in [5.74, 6) is -1.71. The lowest BCUT2D eigenvalue weighted by Gasteiger charge is -2.04. The maximum absolute atomic E-state index is 12.0. The number of hydrogen-bond donors (Lipinski definition) is 2. The van der Waals surface area contributed by atoms with Crippen LogP contribution in [0, 0.1) is 0 Å². The molecule has 0 aromatic carbocycles. The lowest BCUT2D eigenvalue weighted by atomic mass is 10.2. The largest absolute Gasteiger partial charge is 0.475 e. The molecule has 108 valence electrons. The Hall–Kier alpha value is -1.64. The van der Waals surface area contributed by atoms with Gasteiger partial charge in [0.05, 0.1) is 0 Å². The molecule has 0 aliphatic rings. The number of aromatic carboxylic acids is 1. The number of rotatable bonds is 6. The highest BCUT2D eigenvalue weighted by Crippen LogP contribution is 2.19. The Bertz CT molecular complexity index is 714. The van der Waals surface area contributed by atoms with Crippen molar-refractivity contribution in [2.75, 3.05) is 0 Å². The fourth-order valence-electron chi connectivity index (χ4n) is 1.65. The van der Waals surface area contributed by atoms with Crippen LogP contribution in [0.3, 0.4) is 0 Å². The maximum atomic E-state index is 12.0. The molecule has 0 radical (unpaired) electrons. The summed E-state index contributed by atoms with van der Waals surface area (Å²) in [6.45, 7) is 2.15. The first kappa shape index (κ1) is 14.8. The normalized spacial score (nSPS) is 11.7. The number of carboxylic acids is 1. The predicted molar refractivity (Wildman–Crippen MR) is 73.4 cm³/mol. The van der Waals surface area contributed by atoms with Gasteiger partial charge in [-0.1, -0.05) is 6.92 Å². The molecule has 2 heterocycles. The molecule has 8 heteroatoms. The summed E-state index contributed by atoms with van der Waals surface area (Å²) in [6.07, 6.45) is 0.824. The lowest BCUT2D eigenvalue weighted by Crippen LogP contribution is -2.22. The number of nitrogens with one attached hydrogen (secondary N) is 1. The van der Waals surface area contributed by atoms with E-state index in [1.807, 2.05) is 18.4 Å². The Labute approximate surface area is 120 Å². The summed E-state index contributed by atoms with van der Waals surface area (Å²) >= 11 is 1.47. The van der Waals surface area contributed by atoms with E-state index in [-0.39, 0.29) is 6.54 Å². The van der Waals surface area contributed by atoms with E-state index in [0.29, 0.717) is 0 Å². The third-order valence-electron chi connectivity index (χ3n) is 2.70. The molecule has 0 aliphatic heterocycles. The van der Waals surface area contributed by atoms with Crippen LogP contribution in [0.4, 0.5) is 0 Å². The molecule has 0 saturated heterocycles. The van der Waals surface area contributed by atoms with Gasteiger partial charge in [-0.2, -0.15) is 0 Å². The van der Waals surface area contributed by atoms with Crippen LogP contribution < -0.4 is 4.72 Å². The maximum Gasteiger partial charge on any atom is 0.371 e. The van der Waals surface area contributed by atoms with E-state index in [4.69, 9.17) is 9.52 Å². The van der Waals surface area contributed by atoms with Gasteiger partial charge in [-0.15, -0.1) is 11.3 Å². The average molecular weight is 315 g/mol. The second kappa shape index (κ2) is 5.78. The predicted octanol–water partition coefficient (Wildman–Crippen LogP) is 2.08. The molecule has 0 amide bonds. The van der Waals surface area contributed by atoms with Crippen molar-refractivity contribution in [3.63, 3.8) is 0 Å². The fourth-order valence-corrected chi connectivity index (χ4v) is 3.58. The second-order valence-electron chi connectivity index (χ2n) is 3.97. The summed E-state index contributed by atoms with van der Waals surface area (Å²) in [7, 11) is -3.85. The highest BCUT2D eigenvalue weighted by atomic mass is 32.2. The van der Waals surface area contributed by atoms with E-state index >= 15 is 0 Å². The smallest absolute Gasteiger partial charge is 0.371 e. The fraction of sp³-hybridized carbons (Fsp3) is 0.250. The molecule has 2 aromatic rings. The molecule has 0 aliphatic carbocycles. The zero-order valence-corrected chi connectivity index (χ0v) is 12.3. The molecular formula is C12H13NO5S2. The molecule has 0 atom stereocenters. The summed E-state index contributed by atoms with van der Waals surface area (Å²) < 4.78 is 31.1. The zero-order valence-electron chi connectivity index (χ0n) is 10.6. The van der Waals surface area contributed by atoms with Gasteiger partial charge in [0, 0.05) is 11.4 Å². The van der Waals surface area contributed by atoms with Crippen molar-refractivity contribution in [3.05, 3.63) is 39.8 Å². The monoisotopic (exact) mass is 315 g/mol. The van der Waals surface area contributed by atoms with Crippen LogP contribution in [0.2, 0.25) is 0 Å². The minimum atomic E-state index is -3.85. The number of hydrogen-bond acceptors (Lipinski definition) is 5. The van der Waals surface area contributed by atoms with Crippen LogP contribution >= 0.6 is 11.3 Å². The van der Waals surface area contributed by atoms with Gasteiger partial charge in [-0.3, -0.25) is 0 Å². The lowest BCUT2D eigenvalue weighted by molar-refractivity contribution is 0.0656. The molecule has 0 fully saturated rings. The number of carboxylic acid groups (broad SMARTS) is 1. The van der Waals surface area contributed by atoms with Crippen LogP contribution in [0.15, 0.2) is 33.1 Å². The Morgan fingerprint density at radius 3 is 2.75 bits per heavy atom. The first-order valence-electron chi connectivity index (χ1n) is 5.82. The number of carbonyl (C=O) groups is 1. The third kappa shape index (κ3) is 3.09. The topological polar surface area (TPSA) is 96.6 Å². The zero-order chi connectivity index (χ0) is 14.8. The SMILES string of the molecule is CCc1ccsc1CNS(=O)(=O)c1ccc(C(=O)O)o1. The molecule has 0 unspecified atom stereocenters. The molecule has 0 spiro atoms. The number of furan rings is 1. The minimum absolute atomic E-state index is 0.159. The Kier molecular flexibility index (Phi) is 4.26. The first-order chi connectivity index (χ1) is 9.44. The van der Waals surface area contributed by atoms with Crippen LogP contribution in [-0.4, -0.2) is 19.5 Å². The van der Waals surface area contributed by atoms with Crippen molar-refractivity contribution in [1.29, 1.82) is 0 Å². The van der Waals surface area contributed by atoms with Gasteiger partial charge < -0.3 is 9.52 Å². The number of thiophene rings is 1. The van der Waals surface area contributed by atoms with Gasteiger partial charge in [0.15, 0.2) is 0 Å². The molecular weight excluding hydrogens is 302 g/mol. The van der Waals surface area contributed by atoms with Crippen molar-refractivity contribution in [2.24, 2.45) is 0 Å². The van der Waals surface area contributed by atoms with E-state index in [1.54, 1.807) is 0 Å². The van der Waals surface area contributed by atoms with Gasteiger partial charge in [0.2, 0.25) is 10.9 Å². The standard InChI is InChI=1S/C12H13NO5S2/c1-2-8-5-6-19-10(8)7-13-20(16,17)11-4-3-9(18-11)12(14)15/h3-6,13H,2,7H2,1H3,(H,14,15). The second-order valence-corrected chi connectivity index (χ2v) is 6.67. The molecule has 2 rings (SSSR count). The van der Waals surface area contributed by atoms with E-state index < -0.39 is 26.8 Å². The molecule has 2 N–H and O–H groups in total. The summed E-state index contributed by atoms with van der Waals surface area (Å²) in [4.78, 5) is 11.6. The van der Waals surface area contributed by atoms with Gasteiger partial charge in [-0.05, 0) is 35.6 Å². The van der Waals surface area contributed by atoms with Crippen molar-refractivity contribution < 1.29 is 22.7 Å². The highest BCUT2D eigenvalue weighted by Gasteiger charge is 2.21. The van der Waals surface area contributed by atoms with Gasteiger partial charge in [-0.25, -0.2) is 17.9 Å². The molecule has 2 aromatic heterocycles. The van der Waals surface area contributed by atoms with E-state index in [0.717, 1.165) is 29.0 Å². The van der Waals surface area contributed by atoms with Crippen LogP contribution in [0.25, 0.3) is 0 Å². The summed E-state index contributed by atoms with van der Waals surface area (Å²) in [6, 6.07) is 4.18. The molecule has 0 saturated carbocycles. The highest BCUT2D eigenvalue weighted by molar-refractivity contribution is 7.89. The van der Waals surface area contributed by atoms with Crippen molar-refractivity contribution in [1.82, 2.24) is 4.72 Å². The number of aryl methyl sites for hydroxylation is 1. The summed E-state index contributed by atoms with van der Waals surface area (Å²) in [5, 5.41) is 10.2. The van der Waals surface area contributed by atoms with Crippen molar-refractivity contribution in [2.45, 2.75) is 25.0 Å². The quantitative estimate of drug-likeness (QED) is 0.850. The minimum Gasteiger partial charge on any atom is -0.475 e.